The zero-order chi connectivity index (χ0) is 18.7. The molecule has 26 heavy (non-hydrogen) atoms. The second kappa shape index (κ2) is 6.08. The number of allylic oxidation sites excluding steroid dienone is 1. The van der Waals surface area contributed by atoms with E-state index in [1.807, 2.05) is 11.9 Å². The Kier molecular flexibility index (Phi) is 4.22. The number of fused-ring (bicyclic) bond motifs is 5. The van der Waals surface area contributed by atoms with Crippen molar-refractivity contribution in [1.82, 2.24) is 10.4 Å². The molecule has 144 valence electrons. The monoisotopic (exact) mass is 360 g/mol. The average Bonchev–Trinajstić information content (AvgIpc) is 2.96. The second-order valence-corrected chi connectivity index (χ2v) is 9.38. The van der Waals surface area contributed by atoms with Gasteiger partial charge in [-0.2, -0.15) is 5.48 Å². The molecular weight excluding hydrogens is 328 g/mol. The molecule has 4 rings (SSSR count). The molecule has 3 aliphatic carbocycles. The van der Waals surface area contributed by atoms with Crippen LogP contribution in [0.3, 0.4) is 0 Å². The molecule has 2 saturated carbocycles. The first-order valence-electron chi connectivity index (χ1n) is 10.2. The number of likely N-dealkylation sites (tertiary alicyclic amines) is 1. The van der Waals surface area contributed by atoms with E-state index in [-0.39, 0.29) is 16.8 Å². The van der Waals surface area contributed by atoms with Crippen LogP contribution in [0.1, 0.15) is 58.8 Å². The summed E-state index contributed by atoms with van der Waals surface area (Å²) in [6.45, 7) is 4.70. The van der Waals surface area contributed by atoms with Gasteiger partial charge in [-0.1, -0.05) is 19.9 Å². The number of hydrogen-bond acceptors (Lipinski definition) is 4. The number of rotatable bonds is 2. The van der Waals surface area contributed by atoms with Crippen LogP contribution in [0.4, 0.5) is 0 Å². The highest BCUT2D eigenvalue weighted by atomic mass is 16.7. The molecule has 0 aromatic carbocycles. The molecule has 1 N–H and O–H groups in total. The lowest BCUT2D eigenvalue weighted by Gasteiger charge is -2.61. The highest BCUT2D eigenvalue weighted by Crippen LogP contribution is 2.64. The number of hydrogen-bond donors (Lipinski definition) is 1. The van der Waals surface area contributed by atoms with Gasteiger partial charge in [-0.3, -0.25) is 4.79 Å². The van der Waals surface area contributed by atoms with E-state index in [1.54, 1.807) is 7.05 Å². The van der Waals surface area contributed by atoms with E-state index in [0.29, 0.717) is 36.1 Å². The minimum Gasteiger partial charge on any atom is -0.367 e. The van der Waals surface area contributed by atoms with Crippen molar-refractivity contribution in [1.29, 1.82) is 0 Å². The largest absolute Gasteiger partial charge is 0.367 e. The Bertz CT molecular complexity index is 660. The summed E-state index contributed by atoms with van der Waals surface area (Å²) in [6.07, 6.45) is 9.30. The van der Waals surface area contributed by atoms with Crippen molar-refractivity contribution in [3.63, 3.8) is 0 Å². The van der Waals surface area contributed by atoms with Gasteiger partial charge in [-0.25, -0.2) is 4.79 Å². The number of piperidine rings is 1. The molecule has 1 heterocycles. The van der Waals surface area contributed by atoms with E-state index in [9.17, 15) is 9.59 Å². The number of amides is 1. The third-order valence-electron chi connectivity index (χ3n) is 8.55. The zero-order valence-electron chi connectivity index (χ0n) is 16.5. The van der Waals surface area contributed by atoms with Gasteiger partial charge >= 0.3 is 5.97 Å². The summed E-state index contributed by atoms with van der Waals surface area (Å²) in [7, 11) is 3.63. The molecule has 0 aromatic rings. The van der Waals surface area contributed by atoms with Gasteiger partial charge in [0, 0.05) is 37.5 Å². The Morgan fingerprint density at radius 1 is 1.23 bits per heavy atom. The van der Waals surface area contributed by atoms with Gasteiger partial charge < -0.3 is 9.74 Å². The fraction of sp³-hybridized carbons (Fsp3) is 0.810. The summed E-state index contributed by atoms with van der Waals surface area (Å²) in [5, 5.41) is 0. The highest BCUT2D eigenvalue weighted by Gasteiger charge is 2.60. The molecule has 5 heteroatoms. The second-order valence-electron chi connectivity index (χ2n) is 9.38. The molecule has 6 atom stereocenters. The lowest BCUT2D eigenvalue weighted by atomic mass is 9.47. The third kappa shape index (κ3) is 2.32. The normalized spacial score (nSPS) is 44.7. The average molecular weight is 360 g/mol. The first-order valence-corrected chi connectivity index (χ1v) is 10.2. The van der Waals surface area contributed by atoms with Gasteiger partial charge in [0.25, 0.3) is 0 Å². The maximum absolute atomic E-state index is 12.4. The van der Waals surface area contributed by atoms with Crippen molar-refractivity contribution in [3.8, 4) is 0 Å². The fourth-order valence-corrected chi connectivity index (χ4v) is 7.18. The molecule has 0 spiro atoms. The van der Waals surface area contributed by atoms with Crippen molar-refractivity contribution in [2.75, 3.05) is 14.1 Å². The van der Waals surface area contributed by atoms with Gasteiger partial charge in [0.15, 0.2) is 0 Å². The number of nitrogens with zero attached hydrogens (tertiary/aromatic N) is 1. The Balaban J connectivity index is 1.60. The van der Waals surface area contributed by atoms with E-state index in [2.05, 4.69) is 25.4 Å². The number of carbonyl (C=O) groups is 2. The van der Waals surface area contributed by atoms with E-state index < -0.39 is 0 Å². The number of hydroxylamine groups is 1. The van der Waals surface area contributed by atoms with Crippen LogP contribution in [0.25, 0.3) is 0 Å². The molecule has 0 radical (unpaired) electrons. The Hall–Kier alpha value is -1.36. The minimum absolute atomic E-state index is 0.0608. The highest BCUT2D eigenvalue weighted by molar-refractivity contribution is 5.90. The molecule has 0 aromatic heterocycles. The van der Waals surface area contributed by atoms with E-state index in [1.165, 1.54) is 6.42 Å². The summed E-state index contributed by atoms with van der Waals surface area (Å²) in [4.78, 5) is 31.8. The van der Waals surface area contributed by atoms with Crippen molar-refractivity contribution in [2.24, 2.45) is 28.6 Å². The topological polar surface area (TPSA) is 58.6 Å². The molecular formula is C21H32N2O3. The van der Waals surface area contributed by atoms with Gasteiger partial charge in [0.05, 0.1) is 0 Å². The maximum atomic E-state index is 12.4. The van der Waals surface area contributed by atoms with Crippen LogP contribution in [-0.4, -0.2) is 36.9 Å². The molecule has 1 unspecified atom stereocenters. The van der Waals surface area contributed by atoms with Crippen LogP contribution in [0.5, 0.6) is 0 Å². The summed E-state index contributed by atoms with van der Waals surface area (Å²) >= 11 is 0. The third-order valence-corrected chi connectivity index (χ3v) is 8.55. The van der Waals surface area contributed by atoms with Crippen molar-refractivity contribution in [3.05, 3.63) is 11.6 Å². The lowest BCUT2D eigenvalue weighted by molar-refractivity contribution is -0.158. The molecule has 3 fully saturated rings. The first-order chi connectivity index (χ1) is 12.3. The van der Waals surface area contributed by atoms with Crippen molar-refractivity contribution < 1.29 is 14.4 Å². The van der Waals surface area contributed by atoms with Gasteiger partial charge in [0.1, 0.15) is 0 Å². The van der Waals surface area contributed by atoms with Gasteiger partial charge in [0.2, 0.25) is 5.91 Å². The van der Waals surface area contributed by atoms with Crippen LogP contribution in [-0.2, 0) is 14.4 Å². The van der Waals surface area contributed by atoms with E-state index in [0.717, 1.165) is 37.7 Å². The zero-order valence-corrected chi connectivity index (χ0v) is 16.5. The number of nitrogens with one attached hydrogen (secondary N) is 1. The predicted molar refractivity (Wildman–Crippen MR) is 98.8 cm³/mol. The Labute approximate surface area is 156 Å². The van der Waals surface area contributed by atoms with E-state index in [4.69, 9.17) is 4.84 Å². The summed E-state index contributed by atoms with van der Waals surface area (Å²) in [5.41, 5.74) is 3.57. The van der Waals surface area contributed by atoms with Gasteiger partial charge in [-0.15, -0.1) is 0 Å². The van der Waals surface area contributed by atoms with Crippen LogP contribution >= 0.6 is 0 Å². The summed E-state index contributed by atoms with van der Waals surface area (Å²) < 4.78 is 0. The molecule has 1 amide bonds. The summed E-state index contributed by atoms with van der Waals surface area (Å²) in [6, 6.07) is 0.387. The van der Waals surface area contributed by atoms with Crippen molar-refractivity contribution >= 4 is 11.9 Å². The van der Waals surface area contributed by atoms with Gasteiger partial charge in [-0.05, 0) is 61.7 Å². The molecule has 0 bridgehead atoms. The Morgan fingerprint density at radius 2 is 2.00 bits per heavy atom. The minimum atomic E-state index is -0.209. The maximum Gasteiger partial charge on any atom is 0.352 e. The lowest BCUT2D eigenvalue weighted by Crippen LogP contribution is -2.61. The van der Waals surface area contributed by atoms with E-state index >= 15 is 0 Å². The smallest absolute Gasteiger partial charge is 0.352 e. The quantitative estimate of drug-likeness (QED) is 0.769. The molecule has 4 aliphatic rings. The van der Waals surface area contributed by atoms with Crippen molar-refractivity contribution in [2.45, 2.75) is 64.8 Å². The Morgan fingerprint density at radius 3 is 2.73 bits per heavy atom. The van der Waals surface area contributed by atoms with Crippen LogP contribution in [0.2, 0.25) is 0 Å². The molecule has 5 nitrogen and oxygen atoms in total. The summed E-state index contributed by atoms with van der Waals surface area (Å²) in [5.74, 6) is 1.93. The molecule has 1 saturated heterocycles. The van der Waals surface area contributed by atoms with Crippen LogP contribution in [0, 0.1) is 28.6 Å². The van der Waals surface area contributed by atoms with Crippen LogP contribution < -0.4 is 5.48 Å². The fourth-order valence-electron chi connectivity index (χ4n) is 7.18. The number of carbonyl (C=O) groups excluding carboxylic acids is 2. The first kappa shape index (κ1) is 18.0. The SMILES string of the molecule is CNOC(=O)C1=CC[C@H]2[C@@H]3CCC4N(C)C(=O)CC[C@]4(C)[C@H]3CC[C@]12C. The van der Waals surface area contributed by atoms with Crippen LogP contribution in [0.15, 0.2) is 11.6 Å². The predicted octanol–water partition coefficient (Wildman–Crippen LogP) is 3.06. The standard InChI is InChI=1S/C21H32N2O3/c1-20-11-9-15-13(14(20)6-7-16(20)19(25)26-22-3)5-8-17-21(15,2)12-10-18(24)23(17)4/h7,13-15,17,22H,5-6,8-12H2,1-4H3/t13-,14-,15-,17?,20-,21+/m0/s1. The molecule has 1 aliphatic heterocycles.